The Hall–Kier alpha value is -0.850. The fraction of sp³-hybridized carbons (Fsp3) is 0.600. The molecule has 1 heteroatoms. The lowest BCUT2D eigenvalue weighted by molar-refractivity contribution is 0.429. The first kappa shape index (κ1) is 13.2. The first-order valence-electron chi connectivity index (χ1n) is 6.53. The molecule has 0 spiro atoms. The number of hydrogen-bond donors (Lipinski definition) is 0. The number of benzene rings is 1. The van der Waals surface area contributed by atoms with Crippen molar-refractivity contribution < 1.29 is 4.39 Å². The van der Waals surface area contributed by atoms with Gasteiger partial charge in [-0.25, -0.2) is 4.39 Å². The van der Waals surface area contributed by atoms with Crippen molar-refractivity contribution in [3.05, 3.63) is 35.1 Å². The van der Waals surface area contributed by atoms with Crippen molar-refractivity contribution in [1.29, 1.82) is 0 Å². The lowest BCUT2D eigenvalue weighted by Gasteiger charge is -2.22. The molecule has 0 atom stereocenters. The molecule has 1 saturated carbocycles. The maximum Gasteiger partial charge on any atom is 0.126 e. The molecule has 0 aromatic heterocycles. The first-order chi connectivity index (χ1) is 7.77. The van der Waals surface area contributed by atoms with Crippen molar-refractivity contribution in [3.8, 4) is 0 Å². The van der Waals surface area contributed by atoms with Crippen LogP contribution < -0.4 is 0 Å². The van der Waals surface area contributed by atoms with Gasteiger partial charge in [-0.15, -0.1) is 0 Å². The molecular formula is C15H23F. The summed E-state index contributed by atoms with van der Waals surface area (Å²) in [6.07, 6.45) is 6.18. The molecule has 1 aromatic carbocycles. The average molecular weight is 222 g/mol. The van der Waals surface area contributed by atoms with Crippen LogP contribution in [0.25, 0.3) is 0 Å². The van der Waals surface area contributed by atoms with Crippen LogP contribution in [0.1, 0.15) is 63.0 Å². The average Bonchev–Trinajstić information content (AvgIpc) is 2.33. The summed E-state index contributed by atoms with van der Waals surface area (Å²) < 4.78 is 13.6. The zero-order chi connectivity index (χ0) is 12.0. The van der Waals surface area contributed by atoms with E-state index in [2.05, 4.69) is 0 Å². The van der Waals surface area contributed by atoms with E-state index >= 15 is 0 Å². The molecule has 0 heterocycles. The SMILES string of the molecule is CC.Cc1ccc(C2CCCCC2)c(F)c1. The molecule has 16 heavy (non-hydrogen) atoms. The van der Waals surface area contributed by atoms with Gasteiger partial charge in [-0.3, -0.25) is 0 Å². The summed E-state index contributed by atoms with van der Waals surface area (Å²) in [5, 5.41) is 0. The van der Waals surface area contributed by atoms with E-state index in [0.29, 0.717) is 5.92 Å². The highest BCUT2D eigenvalue weighted by molar-refractivity contribution is 5.26. The summed E-state index contributed by atoms with van der Waals surface area (Å²) in [5.41, 5.74) is 1.96. The van der Waals surface area contributed by atoms with Crippen molar-refractivity contribution in [2.24, 2.45) is 0 Å². The van der Waals surface area contributed by atoms with Crippen LogP contribution in [0.15, 0.2) is 18.2 Å². The zero-order valence-corrected chi connectivity index (χ0v) is 10.7. The molecule has 0 amide bonds. The zero-order valence-electron chi connectivity index (χ0n) is 10.7. The molecule has 90 valence electrons. The van der Waals surface area contributed by atoms with Crippen molar-refractivity contribution in [2.45, 2.75) is 58.8 Å². The fourth-order valence-electron chi connectivity index (χ4n) is 2.38. The molecule has 0 unspecified atom stereocenters. The van der Waals surface area contributed by atoms with Gasteiger partial charge >= 0.3 is 0 Å². The second-order valence-corrected chi connectivity index (χ2v) is 4.36. The molecule has 0 radical (unpaired) electrons. The van der Waals surface area contributed by atoms with Gasteiger partial charge in [0.05, 0.1) is 0 Å². The van der Waals surface area contributed by atoms with E-state index in [-0.39, 0.29) is 5.82 Å². The van der Waals surface area contributed by atoms with Crippen molar-refractivity contribution >= 4 is 0 Å². The Morgan fingerprint density at radius 2 is 1.69 bits per heavy atom. The molecule has 1 fully saturated rings. The van der Waals surface area contributed by atoms with Crippen molar-refractivity contribution in [1.82, 2.24) is 0 Å². The minimum absolute atomic E-state index is 0.00287. The van der Waals surface area contributed by atoms with Crippen molar-refractivity contribution in [3.63, 3.8) is 0 Å². The predicted molar refractivity (Wildman–Crippen MR) is 68.3 cm³/mol. The van der Waals surface area contributed by atoms with E-state index in [9.17, 15) is 4.39 Å². The maximum atomic E-state index is 13.6. The Bertz CT molecular complexity index is 311. The third kappa shape index (κ3) is 3.33. The van der Waals surface area contributed by atoms with Crippen molar-refractivity contribution in [2.75, 3.05) is 0 Å². The number of halogens is 1. The van der Waals surface area contributed by atoms with Crippen LogP contribution in [0, 0.1) is 12.7 Å². The fourth-order valence-corrected chi connectivity index (χ4v) is 2.38. The van der Waals surface area contributed by atoms with E-state index in [4.69, 9.17) is 0 Å². The summed E-state index contributed by atoms with van der Waals surface area (Å²) in [4.78, 5) is 0. The monoisotopic (exact) mass is 222 g/mol. The second kappa shape index (κ2) is 6.67. The summed E-state index contributed by atoms with van der Waals surface area (Å²) in [5.74, 6) is 0.473. The molecule has 2 rings (SSSR count). The van der Waals surface area contributed by atoms with Crippen LogP contribution in [0.2, 0.25) is 0 Å². The molecule has 0 N–H and O–H groups in total. The maximum absolute atomic E-state index is 13.6. The van der Waals surface area contributed by atoms with Crippen LogP contribution in [0.3, 0.4) is 0 Å². The van der Waals surface area contributed by atoms with Gasteiger partial charge in [0, 0.05) is 0 Å². The Morgan fingerprint density at radius 3 is 2.25 bits per heavy atom. The minimum atomic E-state index is -0.00287. The third-order valence-corrected chi connectivity index (χ3v) is 3.20. The quantitative estimate of drug-likeness (QED) is 0.612. The molecule has 0 aliphatic heterocycles. The number of hydrogen-bond acceptors (Lipinski definition) is 0. The minimum Gasteiger partial charge on any atom is -0.207 e. The predicted octanol–water partition coefficient (Wildman–Crippen LogP) is 5.21. The van der Waals surface area contributed by atoms with Gasteiger partial charge in [-0.2, -0.15) is 0 Å². The number of aryl methyl sites for hydroxylation is 1. The van der Waals surface area contributed by atoms with Gasteiger partial charge in [0.2, 0.25) is 0 Å². The Kier molecular flexibility index (Phi) is 5.51. The topological polar surface area (TPSA) is 0 Å². The molecule has 1 aliphatic carbocycles. The van der Waals surface area contributed by atoms with Gasteiger partial charge in [-0.1, -0.05) is 45.2 Å². The van der Waals surface area contributed by atoms with Crippen LogP contribution in [0.4, 0.5) is 4.39 Å². The van der Waals surface area contributed by atoms with Gasteiger partial charge in [-0.05, 0) is 42.9 Å². The summed E-state index contributed by atoms with van der Waals surface area (Å²) >= 11 is 0. The Balaban J connectivity index is 0.000000606. The van der Waals surface area contributed by atoms with Gasteiger partial charge in [0.25, 0.3) is 0 Å². The highest BCUT2D eigenvalue weighted by atomic mass is 19.1. The second-order valence-electron chi connectivity index (χ2n) is 4.36. The van der Waals surface area contributed by atoms with Crippen LogP contribution in [-0.4, -0.2) is 0 Å². The third-order valence-electron chi connectivity index (χ3n) is 3.20. The summed E-state index contributed by atoms with van der Waals surface area (Å²) in [6.45, 7) is 5.94. The molecule has 0 saturated heterocycles. The molecular weight excluding hydrogens is 199 g/mol. The summed E-state index contributed by atoms with van der Waals surface area (Å²) in [6, 6.07) is 5.65. The van der Waals surface area contributed by atoms with Crippen LogP contribution >= 0.6 is 0 Å². The largest absolute Gasteiger partial charge is 0.207 e. The summed E-state index contributed by atoms with van der Waals surface area (Å²) in [7, 11) is 0. The molecule has 0 nitrogen and oxygen atoms in total. The molecule has 1 aliphatic rings. The van der Waals surface area contributed by atoms with Gasteiger partial charge < -0.3 is 0 Å². The first-order valence-corrected chi connectivity index (χ1v) is 6.53. The highest BCUT2D eigenvalue weighted by Crippen LogP contribution is 2.33. The van der Waals surface area contributed by atoms with E-state index in [1.807, 2.05) is 32.9 Å². The van der Waals surface area contributed by atoms with E-state index in [1.165, 1.54) is 32.1 Å². The molecule has 1 aromatic rings. The normalized spacial score (nSPS) is 16.5. The van der Waals surface area contributed by atoms with Gasteiger partial charge in [0.15, 0.2) is 0 Å². The Labute approximate surface area is 98.9 Å². The lowest BCUT2D eigenvalue weighted by Crippen LogP contribution is -2.06. The van der Waals surface area contributed by atoms with Gasteiger partial charge in [0.1, 0.15) is 5.82 Å². The number of rotatable bonds is 1. The Morgan fingerprint density at radius 1 is 1.06 bits per heavy atom. The van der Waals surface area contributed by atoms with E-state index in [1.54, 1.807) is 6.07 Å². The lowest BCUT2D eigenvalue weighted by atomic mass is 9.83. The highest BCUT2D eigenvalue weighted by Gasteiger charge is 2.18. The van der Waals surface area contributed by atoms with E-state index in [0.717, 1.165) is 11.1 Å². The standard InChI is InChI=1S/C13H17F.C2H6/c1-10-7-8-12(13(14)9-10)11-5-3-2-4-6-11;1-2/h7-9,11H,2-6H2,1H3;1-2H3. The smallest absolute Gasteiger partial charge is 0.126 e. The molecule has 0 bridgehead atoms. The van der Waals surface area contributed by atoms with E-state index < -0.39 is 0 Å². The van der Waals surface area contributed by atoms with Crippen LogP contribution in [-0.2, 0) is 0 Å². The van der Waals surface area contributed by atoms with Crippen LogP contribution in [0.5, 0.6) is 0 Å².